The average Bonchev–Trinajstić information content (AvgIpc) is 2.85. The van der Waals surface area contributed by atoms with E-state index >= 15 is 0 Å². The molecule has 1 aliphatic heterocycles. The van der Waals surface area contributed by atoms with E-state index in [1.165, 1.54) is 11.1 Å². The van der Waals surface area contributed by atoms with Gasteiger partial charge in [0.1, 0.15) is 28.9 Å². The second-order valence-corrected chi connectivity index (χ2v) is 8.89. The summed E-state index contributed by atoms with van der Waals surface area (Å²) in [5, 5.41) is 0. The number of carbonyl (C=O) groups is 1. The molecule has 1 atom stereocenters. The molecule has 6 heteroatoms. The molecular formula is C29H36O6. The first kappa shape index (κ1) is 26.2. The van der Waals surface area contributed by atoms with Gasteiger partial charge in [0.2, 0.25) is 0 Å². The first-order valence-corrected chi connectivity index (χ1v) is 11.8. The smallest absolute Gasteiger partial charge is 0.174 e. The Balaban J connectivity index is 1.93. The Morgan fingerprint density at radius 3 is 2.29 bits per heavy atom. The zero-order valence-electron chi connectivity index (χ0n) is 21.8. The molecule has 0 spiro atoms. The van der Waals surface area contributed by atoms with E-state index in [-0.39, 0.29) is 12.2 Å². The van der Waals surface area contributed by atoms with Crippen molar-refractivity contribution < 1.29 is 28.5 Å². The molecule has 0 amide bonds. The molecule has 188 valence electrons. The minimum absolute atomic E-state index is 0.0314. The van der Waals surface area contributed by atoms with Gasteiger partial charge >= 0.3 is 0 Å². The van der Waals surface area contributed by atoms with Crippen LogP contribution in [0.3, 0.4) is 0 Å². The number of allylic oxidation sites excluding steroid dienone is 4. The summed E-state index contributed by atoms with van der Waals surface area (Å²) in [6.07, 6.45) is 6.75. The molecule has 0 radical (unpaired) electrons. The first-order chi connectivity index (χ1) is 16.8. The monoisotopic (exact) mass is 480 g/mol. The SMILES string of the molecule is COc1ccc([C@@H]2CC(=O)c3c(cc(OC)c(C/C=C(\C)CCC=C(C)C)c3OC)O2)cc1OC. The van der Waals surface area contributed by atoms with Gasteiger partial charge in [-0.3, -0.25) is 4.79 Å². The summed E-state index contributed by atoms with van der Waals surface area (Å²) in [7, 11) is 6.37. The van der Waals surface area contributed by atoms with Crippen LogP contribution in [0.4, 0.5) is 0 Å². The quantitative estimate of drug-likeness (QED) is 0.354. The first-order valence-electron chi connectivity index (χ1n) is 11.8. The van der Waals surface area contributed by atoms with Crippen molar-refractivity contribution in [1.82, 2.24) is 0 Å². The fourth-order valence-electron chi connectivity index (χ4n) is 4.28. The van der Waals surface area contributed by atoms with Gasteiger partial charge in [0, 0.05) is 11.6 Å². The molecule has 0 unspecified atom stereocenters. The van der Waals surface area contributed by atoms with Crippen LogP contribution in [0, 0.1) is 0 Å². The number of ether oxygens (including phenoxy) is 5. The predicted octanol–water partition coefficient (Wildman–Crippen LogP) is 6.66. The molecule has 0 N–H and O–H groups in total. The van der Waals surface area contributed by atoms with Gasteiger partial charge in [0.15, 0.2) is 17.3 Å². The number of carbonyl (C=O) groups excluding carboxylic acids is 1. The van der Waals surface area contributed by atoms with Crippen molar-refractivity contribution >= 4 is 5.78 Å². The van der Waals surface area contributed by atoms with Gasteiger partial charge in [-0.25, -0.2) is 0 Å². The lowest BCUT2D eigenvalue weighted by Gasteiger charge is -2.28. The van der Waals surface area contributed by atoms with E-state index in [2.05, 4.69) is 32.9 Å². The van der Waals surface area contributed by atoms with Gasteiger partial charge < -0.3 is 23.7 Å². The zero-order valence-corrected chi connectivity index (χ0v) is 21.8. The summed E-state index contributed by atoms with van der Waals surface area (Å²) in [4.78, 5) is 13.3. The highest BCUT2D eigenvalue weighted by atomic mass is 16.5. The number of benzene rings is 2. The lowest BCUT2D eigenvalue weighted by atomic mass is 9.92. The van der Waals surface area contributed by atoms with E-state index in [0.29, 0.717) is 40.7 Å². The minimum Gasteiger partial charge on any atom is -0.496 e. The van der Waals surface area contributed by atoms with E-state index in [1.807, 2.05) is 18.2 Å². The summed E-state index contributed by atoms with van der Waals surface area (Å²) < 4.78 is 28.5. The Hall–Kier alpha value is -3.41. The Bertz CT molecular complexity index is 1120. The van der Waals surface area contributed by atoms with Gasteiger partial charge in [-0.2, -0.15) is 0 Å². The van der Waals surface area contributed by atoms with Crippen molar-refractivity contribution in [3.8, 4) is 28.7 Å². The standard InChI is InChI=1S/C29H36O6/c1-18(2)9-8-10-19(3)11-13-21-25(32-5)17-27-28(29(21)34-7)22(30)16-24(35-27)20-12-14-23(31-4)26(15-20)33-6/h9,11-12,14-15,17,24H,8,10,13,16H2,1-7H3/b19-11+/t24-/m0/s1. The molecule has 2 aromatic carbocycles. The Morgan fingerprint density at radius 2 is 1.66 bits per heavy atom. The molecule has 35 heavy (non-hydrogen) atoms. The van der Waals surface area contributed by atoms with Gasteiger partial charge in [0.25, 0.3) is 0 Å². The van der Waals surface area contributed by atoms with Gasteiger partial charge in [0.05, 0.1) is 34.9 Å². The fraction of sp³-hybridized carbons (Fsp3) is 0.414. The summed E-state index contributed by atoms with van der Waals surface area (Å²) in [6.45, 7) is 6.34. The van der Waals surface area contributed by atoms with E-state index in [0.717, 1.165) is 24.0 Å². The van der Waals surface area contributed by atoms with Gasteiger partial charge in [-0.15, -0.1) is 0 Å². The number of hydrogen-bond acceptors (Lipinski definition) is 6. The topological polar surface area (TPSA) is 63.2 Å². The predicted molar refractivity (Wildman–Crippen MR) is 138 cm³/mol. The zero-order chi connectivity index (χ0) is 25.5. The van der Waals surface area contributed by atoms with Gasteiger partial charge in [-0.1, -0.05) is 29.4 Å². The summed E-state index contributed by atoms with van der Waals surface area (Å²) in [5.41, 5.74) is 4.74. The maximum absolute atomic E-state index is 13.3. The van der Waals surface area contributed by atoms with Crippen LogP contribution in [-0.2, 0) is 6.42 Å². The highest BCUT2D eigenvalue weighted by molar-refractivity contribution is 6.03. The van der Waals surface area contributed by atoms with E-state index in [4.69, 9.17) is 23.7 Å². The summed E-state index contributed by atoms with van der Waals surface area (Å²) in [5.74, 6) is 2.79. The van der Waals surface area contributed by atoms with E-state index < -0.39 is 6.10 Å². The van der Waals surface area contributed by atoms with Gasteiger partial charge in [-0.05, 0) is 57.7 Å². The molecule has 0 bridgehead atoms. The van der Waals surface area contributed by atoms with E-state index in [1.54, 1.807) is 34.5 Å². The molecule has 0 aliphatic carbocycles. The number of hydrogen-bond donors (Lipinski definition) is 0. The van der Waals surface area contributed by atoms with Crippen molar-refractivity contribution in [3.05, 3.63) is 64.3 Å². The van der Waals surface area contributed by atoms with Crippen LogP contribution in [-0.4, -0.2) is 34.2 Å². The number of rotatable bonds is 10. The minimum atomic E-state index is -0.452. The Kier molecular flexibility index (Phi) is 8.85. The Morgan fingerprint density at radius 1 is 0.943 bits per heavy atom. The number of fused-ring (bicyclic) bond motifs is 1. The molecule has 0 saturated carbocycles. The number of Topliss-reactive ketones (excluding diaryl/α,β-unsaturated/α-hetero) is 1. The number of methoxy groups -OCH3 is 4. The molecule has 3 rings (SSSR count). The highest BCUT2D eigenvalue weighted by Crippen LogP contribution is 2.46. The highest BCUT2D eigenvalue weighted by Gasteiger charge is 2.33. The van der Waals surface area contributed by atoms with Crippen molar-refractivity contribution in [2.75, 3.05) is 28.4 Å². The van der Waals surface area contributed by atoms with Crippen molar-refractivity contribution in [2.45, 2.75) is 52.6 Å². The third-order valence-corrected chi connectivity index (χ3v) is 6.18. The molecule has 2 aromatic rings. The Labute approximate surface area is 208 Å². The van der Waals surface area contributed by atoms with Crippen LogP contribution in [0.25, 0.3) is 0 Å². The van der Waals surface area contributed by atoms with Crippen LogP contribution in [0.2, 0.25) is 0 Å². The molecule has 0 aromatic heterocycles. The van der Waals surface area contributed by atoms with Crippen molar-refractivity contribution in [3.63, 3.8) is 0 Å². The maximum Gasteiger partial charge on any atom is 0.174 e. The summed E-state index contributed by atoms with van der Waals surface area (Å²) in [6, 6.07) is 7.34. The van der Waals surface area contributed by atoms with Crippen LogP contribution in [0.1, 0.15) is 67.6 Å². The molecule has 6 nitrogen and oxygen atoms in total. The lowest BCUT2D eigenvalue weighted by molar-refractivity contribution is 0.0843. The molecular weight excluding hydrogens is 444 g/mol. The molecule has 0 saturated heterocycles. The van der Waals surface area contributed by atoms with Crippen LogP contribution < -0.4 is 23.7 Å². The number of ketones is 1. The lowest BCUT2D eigenvalue weighted by Crippen LogP contribution is -2.22. The normalized spacial score (nSPS) is 15.1. The second kappa shape index (κ2) is 11.8. The fourth-order valence-corrected chi connectivity index (χ4v) is 4.28. The third kappa shape index (κ3) is 5.99. The summed E-state index contributed by atoms with van der Waals surface area (Å²) >= 11 is 0. The molecule has 1 aliphatic rings. The molecule has 1 heterocycles. The van der Waals surface area contributed by atoms with Crippen molar-refractivity contribution in [2.24, 2.45) is 0 Å². The second-order valence-electron chi connectivity index (χ2n) is 8.89. The third-order valence-electron chi connectivity index (χ3n) is 6.18. The van der Waals surface area contributed by atoms with Crippen LogP contribution in [0.15, 0.2) is 47.6 Å². The van der Waals surface area contributed by atoms with Crippen LogP contribution in [0.5, 0.6) is 28.7 Å². The molecule has 0 fully saturated rings. The maximum atomic E-state index is 13.3. The van der Waals surface area contributed by atoms with Crippen molar-refractivity contribution in [1.29, 1.82) is 0 Å². The average molecular weight is 481 g/mol. The van der Waals surface area contributed by atoms with E-state index in [9.17, 15) is 4.79 Å². The largest absolute Gasteiger partial charge is 0.496 e. The van der Waals surface area contributed by atoms with Crippen LogP contribution >= 0.6 is 0 Å².